The van der Waals surface area contributed by atoms with Crippen LogP contribution in [0.4, 0.5) is 0 Å². The van der Waals surface area contributed by atoms with Gasteiger partial charge in [0.2, 0.25) is 0 Å². The first kappa shape index (κ1) is 33.5. The molecule has 4 nitrogen and oxygen atoms in total. The molecular weight excluding hydrogens is 685 g/mol. The number of nitrogens with zero attached hydrogens (tertiary/aromatic N) is 3. The van der Waals surface area contributed by atoms with Gasteiger partial charge in [-0.2, -0.15) is 0 Å². The average molecular weight is 717 g/mol. The van der Waals surface area contributed by atoms with Gasteiger partial charge in [0.05, 0.1) is 0 Å². The Labute approximate surface area is 327 Å². The third-order valence-electron chi connectivity index (χ3n) is 11.5. The molecule has 0 fully saturated rings. The van der Waals surface area contributed by atoms with Crippen LogP contribution >= 0.6 is 11.3 Å². The van der Waals surface area contributed by atoms with Gasteiger partial charge < -0.3 is 4.42 Å². The summed E-state index contributed by atoms with van der Waals surface area (Å²) in [6, 6.07) is 46.8. The molecule has 0 aliphatic rings. The van der Waals surface area contributed by atoms with Crippen LogP contribution in [0, 0.1) is 0 Å². The van der Waals surface area contributed by atoms with Gasteiger partial charge in [-0.3, -0.25) is 0 Å². The van der Waals surface area contributed by atoms with Gasteiger partial charge in [-0.25, -0.2) is 15.0 Å². The summed E-state index contributed by atoms with van der Waals surface area (Å²) in [5.74, 6) is 1.86. The zero-order valence-corrected chi connectivity index (χ0v) is 32.2. The highest BCUT2D eigenvalue weighted by molar-refractivity contribution is 7.26. The molecule has 0 aliphatic carbocycles. The predicted octanol–water partition coefficient (Wildman–Crippen LogP) is 3.77. The Kier molecular flexibility index (Phi) is 7.93. The monoisotopic (exact) mass is 717 g/mol. The topological polar surface area (TPSA) is 51.8 Å². The maximum absolute atomic E-state index is 6.61. The Morgan fingerprint density at radius 3 is 1.60 bits per heavy atom. The maximum Gasteiger partial charge on any atom is 0.164 e. The van der Waals surface area contributed by atoms with Crippen LogP contribution in [-0.2, 0) is 0 Å². The first-order valence-corrected chi connectivity index (χ1v) is 19.5. The zero-order valence-electron chi connectivity index (χ0n) is 31.4. The number of aromatic nitrogens is 3. The van der Waals surface area contributed by atoms with Crippen molar-refractivity contribution < 1.29 is 4.42 Å². The summed E-state index contributed by atoms with van der Waals surface area (Å²) in [5, 5.41) is 4.73. The lowest BCUT2D eigenvalue weighted by atomic mass is 9.59. The van der Waals surface area contributed by atoms with Crippen LogP contribution in [0.25, 0.3) is 98.5 Å². The van der Waals surface area contributed by atoms with Crippen LogP contribution in [0.2, 0.25) is 0 Å². The highest BCUT2D eigenvalue weighted by atomic mass is 32.1. The second kappa shape index (κ2) is 13.0. The molecule has 10 aromatic rings. The van der Waals surface area contributed by atoms with Crippen molar-refractivity contribution in [2.75, 3.05) is 0 Å². The quantitative estimate of drug-likeness (QED) is 0.255. The standard InChI is InChI=1S/C45H32B5N3OS/c46-37-36(38(47)40(49)41(50)39(37)48)23-13-15-25(16-14-23)44-51-43(24-7-2-1-3-8-24)52-45(53-44)27-18-20-30-29-19-17-26(21-33(29)54-34(30)22-27)28-10-6-11-32-31-9-4-5-12-35(31)55-42(28)32/h1-22H,46-50H2. The Balaban J connectivity index is 1.06. The van der Waals surface area contributed by atoms with E-state index in [0.29, 0.717) is 17.5 Å². The zero-order chi connectivity index (χ0) is 37.4. The van der Waals surface area contributed by atoms with Crippen molar-refractivity contribution in [1.82, 2.24) is 15.0 Å². The van der Waals surface area contributed by atoms with Crippen LogP contribution in [0.5, 0.6) is 0 Å². The molecule has 55 heavy (non-hydrogen) atoms. The fourth-order valence-corrected chi connectivity index (χ4v) is 9.37. The van der Waals surface area contributed by atoms with E-state index in [-0.39, 0.29) is 0 Å². The third-order valence-corrected chi connectivity index (χ3v) is 12.8. The third kappa shape index (κ3) is 5.54. The van der Waals surface area contributed by atoms with E-state index in [0.717, 1.165) is 44.2 Å². The number of hydrogen-bond donors (Lipinski definition) is 0. The maximum atomic E-state index is 6.61. The Morgan fingerprint density at radius 1 is 0.400 bits per heavy atom. The van der Waals surface area contributed by atoms with E-state index < -0.39 is 0 Å². The van der Waals surface area contributed by atoms with Crippen LogP contribution < -0.4 is 27.3 Å². The fourth-order valence-electron chi connectivity index (χ4n) is 8.13. The highest BCUT2D eigenvalue weighted by Gasteiger charge is 2.18. The molecule has 0 atom stereocenters. The van der Waals surface area contributed by atoms with Gasteiger partial charge >= 0.3 is 0 Å². The Hall–Kier alpha value is -6.11. The van der Waals surface area contributed by atoms with Crippen molar-refractivity contribution in [2.45, 2.75) is 0 Å². The van der Waals surface area contributed by atoms with Crippen LogP contribution in [-0.4, -0.2) is 54.2 Å². The average Bonchev–Trinajstić information content (AvgIpc) is 3.80. The lowest BCUT2D eigenvalue weighted by molar-refractivity contribution is 0.669. The summed E-state index contributed by atoms with van der Waals surface area (Å²) < 4.78 is 9.20. The lowest BCUT2D eigenvalue weighted by Crippen LogP contribution is -2.55. The predicted molar refractivity (Wildman–Crippen MR) is 248 cm³/mol. The molecular formula is C45H32B5N3OS. The largest absolute Gasteiger partial charge is 0.456 e. The second-order valence-electron chi connectivity index (χ2n) is 14.6. The first-order chi connectivity index (χ1) is 26.8. The van der Waals surface area contributed by atoms with Gasteiger partial charge in [0.25, 0.3) is 0 Å². The molecule has 0 N–H and O–H groups in total. The van der Waals surface area contributed by atoms with Crippen molar-refractivity contribution in [3.63, 3.8) is 0 Å². The number of furan rings is 1. The van der Waals surface area contributed by atoms with Crippen molar-refractivity contribution in [3.8, 4) is 56.4 Å². The number of thiophene rings is 1. The second-order valence-corrected chi connectivity index (χ2v) is 15.6. The van der Waals surface area contributed by atoms with Gasteiger partial charge in [-0.1, -0.05) is 114 Å². The number of benzene rings is 7. The SMILES string of the molecule is Bc1c(B)c(B)c(-c2ccc(-c3nc(-c4ccccc4)nc(-c4ccc5c(c4)oc4cc(-c6cccc7c6sc6ccccc67)ccc45)n3)cc2)c(B)c1B. The molecule has 0 bridgehead atoms. The van der Waals surface area contributed by atoms with Gasteiger partial charge in [-0.05, 0) is 52.6 Å². The summed E-state index contributed by atoms with van der Waals surface area (Å²) in [6.07, 6.45) is 0. The molecule has 0 radical (unpaired) electrons. The lowest BCUT2D eigenvalue weighted by Gasteiger charge is -2.20. The van der Waals surface area contributed by atoms with Gasteiger partial charge in [-0.15, -0.1) is 27.7 Å². The van der Waals surface area contributed by atoms with Crippen LogP contribution in [0.1, 0.15) is 0 Å². The summed E-state index contributed by atoms with van der Waals surface area (Å²) in [7, 11) is 11.1. The molecule has 3 aromatic heterocycles. The smallest absolute Gasteiger partial charge is 0.164 e. The molecule has 0 aliphatic heterocycles. The minimum atomic E-state index is 0.601. The molecule has 0 unspecified atom stereocenters. The summed E-state index contributed by atoms with van der Waals surface area (Å²) >= 11 is 1.84. The highest BCUT2D eigenvalue weighted by Crippen LogP contribution is 2.41. The minimum absolute atomic E-state index is 0.601. The summed E-state index contributed by atoms with van der Waals surface area (Å²) in [5.41, 5.74) is 16.0. The minimum Gasteiger partial charge on any atom is -0.456 e. The van der Waals surface area contributed by atoms with E-state index in [9.17, 15) is 0 Å². The fraction of sp³-hybridized carbons (Fsp3) is 0. The van der Waals surface area contributed by atoms with Gasteiger partial charge in [0.15, 0.2) is 17.5 Å². The van der Waals surface area contributed by atoms with E-state index in [1.807, 2.05) is 41.7 Å². The van der Waals surface area contributed by atoms with E-state index in [1.165, 1.54) is 64.2 Å². The van der Waals surface area contributed by atoms with E-state index in [1.54, 1.807) is 0 Å². The molecule has 0 saturated heterocycles. The van der Waals surface area contributed by atoms with E-state index in [2.05, 4.69) is 142 Å². The summed E-state index contributed by atoms with van der Waals surface area (Å²) in [6.45, 7) is 0. The van der Waals surface area contributed by atoms with Crippen molar-refractivity contribution in [3.05, 3.63) is 133 Å². The Bertz CT molecular complexity index is 3130. The summed E-state index contributed by atoms with van der Waals surface area (Å²) in [4.78, 5) is 15.1. The molecule has 3 heterocycles. The number of hydrogen-bond acceptors (Lipinski definition) is 5. The Morgan fingerprint density at radius 2 is 0.909 bits per heavy atom. The molecule has 0 spiro atoms. The normalized spacial score (nSPS) is 11.6. The van der Waals surface area contributed by atoms with Crippen molar-refractivity contribution in [2.24, 2.45) is 0 Å². The van der Waals surface area contributed by atoms with Gasteiger partial charge in [0.1, 0.15) is 50.4 Å². The molecule has 10 heteroatoms. The van der Waals surface area contributed by atoms with Gasteiger partial charge in [0, 0.05) is 47.6 Å². The van der Waals surface area contributed by atoms with E-state index in [4.69, 9.17) is 19.4 Å². The molecule has 0 saturated carbocycles. The number of fused-ring (bicyclic) bond motifs is 6. The van der Waals surface area contributed by atoms with Crippen LogP contribution in [0.3, 0.4) is 0 Å². The number of rotatable bonds is 5. The van der Waals surface area contributed by atoms with Crippen molar-refractivity contribution >= 4 is 120 Å². The molecule has 7 aromatic carbocycles. The van der Waals surface area contributed by atoms with E-state index >= 15 is 0 Å². The van der Waals surface area contributed by atoms with Crippen molar-refractivity contribution in [1.29, 1.82) is 0 Å². The molecule has 10 rings (SSSR count). The molecule has 0 amide bonds. The van der Waals surface area contributed by atoms with Crippen LogP contribution in [0.15, 0.2) is 138 Å². The molecule has 254 valence electrons. The first-order valence-electron chi connectivity index (χ1n) is 18.7.